The number of amides is 1. The Labute approximate surface area is 197 Å². The van der Waals surface area contributed by atoms with Crippen LogP contribution in [0.15, 0.2) is 66.7 Å². The van der Waals surface area contributed by atoms with Crippen LogP contribution in [0.4, 0.5) is 11.4 Å². The number of rotatable bonds is 4. The molecule has 1 aliphatic heterocycles. The van der Waals surface area contributed by atoms with Crippen molar-refractivity contribution in [3.05, 3.63) is 93.8 Å². The van der Waals surface area contributed by atoms with Gasteiger partial charge < -0.3 is 9.80 Å². The van der Waals surface area contributed by atoms with Crippen molar-refractivity contribution in [1.29, 1.82) is 0 Å². The molecule has 3 aromatic carbocycles. The maximum Gasteiger partial charge on any atom is 0.295 e. The Bertz CT molecular complexity index is 1400. The zero-order valence-corrected chi connectivity index (χ0v) is 19.1. The number of carbonyl (C=O) groups is 1. The van der Waals surface area contributed by atoms with E-state index in [2.05, 4.69) is 10.00 Å². The summed E-state index contributed by atoms with van der Waals surface area (Å²) in [7, 11) is 0. The molecule has 34 heavy (non-hydrogen) atoms. The molecule has 0 N–H and O–H groups in total. The minimum absolute atomic E-state index is 0.0136. The van der Waals surface area contributed by atoms with Gasteiger partial charge in [-0.1, -0.05) is 36.4 Å². The Balaban J connectivity index is 1.37. The summed E-state index contributed by atoms with van der Waals surface area (Å²) >= 11 is 0. The number of piperazine rings is 1. The second-order valence-electron chi connectivity index (χ2n) is 8.57. The molecule has 8 nitrogen and oxygen atoms in total. The number of nitro groups is 1. The Hall–Kier alpha value is -4.20. The number of benzene rings is 3. The highest BCUT2D eigenvalue weighted by molar-refractivity contribution is 6.07. The van der Waals surface area contributed by atoms with Crippen LogP contribution in [0.5, 0.6) is 0 Å². The molecule has 172 valence electrons. The molecule has 0 aliphatic carbocycles. The van der Waals surface area contributed by atoms with Gasteiger partial charge in [0, 0.05) is 49.2 Å². The van der Waals surface area contributed by atoms with Gasteiger partial charge in [0.05, 0.1) is 10.6 Å². The molecule has 1 aliphatic rings. The quantitative estimate of drug-likeness (QED) is 0.334. The van der Waals surface area contributed by atoms with E-state index in [1.54, 1.807) is 10.7 Å². The Morgan fingerprint density at radius 1 is 0.941 bits per heavy atom. The maximum absolute atomic E-state index is 13.3. The number of aromatic nitrogens is 2. The Morgan fingerprint density at radius 3 is 2.38 bits per heavy atom. The highest BCUT2D eigenvalue weighted by Gasteiger charge is 2.25. The summed E-state index contributed by atoms with van der Waals surface area (Å²) in [5.74, 6) is 0.0310. The first-order valence-corrected chi connectivity index (χ1v) is 11.3. The van der Waals surface area contributed by atoms with Crippen molar-refractivity contribution in [2.24, 2.45) is 0 Å². The average molecular weight is 456 g/mol. The molecule has 4 aromatic rings. The third-order valence-electron chi connectivity index (χ3n) is 6.35. The molecule has 8 heteroatoms. The fourth-order valence-corrected chi connectivity index (χ4v) is 4.66. The first kappa shape index (κ1) is 21.6. The van der Waals surface area contributed by atoms with E-state index < -0.39 is 0 Å². The lowest BCUT2D eigenvalue weighted by Crippen LogP contribution is -2.48. The van der Waals surface area contributed by atoms with Gasteiger partial charge in [-0.05, 0) is 48.9 Å². The van der Waals surface area contributed by atoms with Crippen LogP contribution >= 0.6 is 0 Å². The fraction of sp³-hybridized carbons (Fsp3) is 0.231. The number of anilines is 1. The number of nitrogens with zero attached hydrogens (tertiary/aromatic N) is 5. The van der Waals surface area contributed by atoms with Crippen LogP contribution in [-0.4, -0.2) is 51.7 Å². The number of hydrogen-bond donors (Lipinski definition) is 0. The first-order valence-electron chi connectivity index (χ1n) is 11.3. The van der Waals surface area contributed by atoms with Gasteiger partial charge in [0.2, 0.25) is 0 Å². The monoisotopic (exact) mass is 455 g/mol. The molecule has 2 heterocycles. The predicted molar refractivity (Wildman–Crippen MR) is 132 cm³/mol. The van der Waals surface area contributed by atoms with Crippen LogP contribution < -0.4 is 4.90 Å². The second-order valence-corrected chi connectivity index (χ2v) is 8.57. The minimum atomic E-state index is -0.379. The van der Waals surface area contributed by atoms with Crippen molar-refractivity contribution in [2.75, 3.05) is 31.1 Å². The van der Waals surface area contributed by atoms with Crippen LogP contribution in [0, 0.1) is 24.0 Å². The normalized spacial score (nSPS) is 13.9. The zero-order valence-electron chi connectivity index (χ0n) is 19.1. The van der Waals surface area contributed by atoms with Crippen LogP contribution in [0.3, 0.4) is 0 Å². The number of carbonyl (C=O) groups excluding carboxylic acids is 1. The maximum atomic E-state index is 13.3. The third-order valence-corrected chi connectivity index (χ3v) is 6.35. The number of fused-ring (bicyclic) bond motifs is 1. The van der Waals surface area contributed by atoms with Crippen molar-refractivity contribution in [1.82, 2.24) is 14.7 Å². The first-order chi connectivity index (χ1) is 16.4. The smallest absolute Gasteiger partial charge is 0.295 e. The predicted octanol–water partition coefficient (Wildman–Crippen LogP) is 4.51. The topological polar surface area (TPSA) is 84.5 Å². The highest BCUT2D eigenvalue weighted by Crippen LogP contribution is 2.30. The van der Waals surface area contributed by atoms with Crippen molar-refractivity contribution in [2.45, 2.75) is 13.8 Å². The zero-order chi connectivity index (χ0) is 23.8. The summed E-state index contributed by atoms with van der Waals surface area (Å²) in [5, 5.41) is 18.1. The molecule has 0 spiro atoms. The van der Waals surface area contributed by atoms with E-state index in [0.717, 1.165) is 27.8 Å². The van der Waals surface area contributed by atoms with E-state index in [4.69, 9.17) is 0 Å². The van der Waals surface area contributed by atoms with Crippen LogP contribution in [0.25, 0.3) is 16.5 Å². The summed E-state index contributed by atoms with van der Waals surface area (Å²) < 4.78 is 1.62. The summed E-state index contributed by atoms with van der Waals surface area (Å²) in [5.41, 5.74) is 3.70. The number of nitro benzene ring substituents is 1. The third kappa shape index (κ3) is 3.87. The summed E-state index contributed by atoms with van der Waals surface area (Å²) in [6, 6.07) is 20.8. The highest BCUT2D eigenvalue weighted by atomic mass is 16.6. The molecule has 1 saturated heterocycles. The SMILES string of the molecule is Cc1cc(C)n(-c2cc(N3CCN(C(=O)c4cccc5ccccc45)CC3)ccc2[N+](=O)[O-])n1. The molecule has 0 bridgehead atoms. The van der Waals surface area contributed by atoms with Crippen LogP contribution in [0.1, 0.15) is 21.7 Å². The molecule has 0 radical (unpaired) electrons. The van der Waals surface area contributed by atoms with Gasteiger partial charge in [0.1, 0.15) is 5.69 Å². The van der Waals surface area contributed by atoms with Gasteiger partial charge in [-0.15, -0.1) is 0 Å². The van der Waals surface area contributed by atoms with Gasteiger partial charge in [-0.3, -0.25) is 14.9 Å². The van der Waals surface area contributed by atoms with Crippen molar-refractivity contribution >= 4 is 28.1 Å². The Kier molecular flexibility index (Phi) is 5.49. The standard InChI is InChI=1S/C26H25N5O3/c1-18-16-19(2)30(27-18)25-17-21(10-11-24(25)31(33)34)28-12-14-29(15-13-28)26(32)23-9-5-7-20-6-3-4-8-22(20)23/h3-11,16-17H,12-15H2,1-2H3. The molecule has 1 aromatic heterocycles. The molecule has 0 atom stereocenters. The van der Waals surface area contributed by atoms with Crippen LogP contribution in [-0.2, 0) is 0 Å². The second kappa shape index (κ2) is 8.62. The van der Waals surface area contributed by atoms with Gasteiger partial charge in [-0.2, -0.15) is 5.10 Å². The minimum Gasteiger partial charge on any atom is -0.368 e. The fourth-order valence-electron chi connectivity index (χ4n) is 4.66. The lowest BCUT2D eigenvalue weighted by Gasteiger charge is -2.36. The average Bonchev–Trinajstić information content (AvgIpc) is 3.20. The number of aryl methyl sites for hydroxylation is 2. The van der Waals surface area contributed by atoms with Crippen molar-refractivity contribution in [3.8, 4) is 5.69 Å². The van der Waals surface area contributed by atoms with Gasteiger partial charge in [-0.25, -0.2) is 4.68 Å². The molecule has 1 fully saturated rings. The van der Waals surface area contributed by atoms with E-state index >= 15 is 0 Å². The summed E-state index contributed by atoms with van der Waals surface area (Å²) in [6.07, 6.45) is 0. The van der Waals surface area contributed by atoms with E-state index in [1.165, 1.54) is 6.07 Å². The molecular formula is C26H25N5O3. The Morgan fingerprint density at radius 2 is 1.68 bits per heavy atom. The number of hydrogen-bond acceptors (Lipinski definition) is 5. The molecule has 1 amide bonds. The largest absolute Gasteiger partial charge is 0.368 e. The molecule has 5 rings (SSSR count). The summed E-state index contributed by atoms with van der Waals surface area (Å²) in [4.78, 5) is 28.6. The van der Waals surface area contributed by atoms with Crippen molar-refractivity contribution < 1.29 is 9.72 Å². The van der Waals surface area contributed by atoms with E-state index in [0.29, 0.717) is 37.4 Å². The van der Waals surface area contributed by atoms with E-state index in [9.17, 15) is 14.9 Å². The molecule has 0 unspecified atom stereocenters. The van der Waals surface area contributed by atoms with Crippen molar-refractivity contribution in [3.63, 3.8) is 0 Å². The van der Waals surface area contributed by atoms with Gasteiger partial charge in [0.25, 0.3) is 11.6 Å². The van der Waals surface area contributed by atoms with E-state index in [-0.39, 0.29) is 16.5 Å². The lowest BCUT2D eigenvalue weighted by atomic mass is 10.0. The summed E-state index contributed by atoms with van der Waals surface area (Å²) in [6.45, 7) is 6.19. The van der Waals surface area contributed by atoms with Gasteiger partial charge >= 0.3 is 0 Å². The van der Waals surface area contributed by atoms with Crippen LogP contribution in [0.2, 0.25) is 0 Å². The molecular weight excluding hydrogens is 430 g/mol. The lowest BCUT2D eigenvalue weighted by molar-refractivity contribution is -0.384. The molecule has 0 saturated carbocycles. The van der Waals surface area contributed by atoms with Gasteiger partial charge in [0.15, 0.2) is 0 Å². The van der Waals surface area contributed by atoms with E-state index in [1.807, 2.05) is 73.3 Å².